The highest BCUT2D eigenvalue weighted by molar-refractivity contribution is 5.44. The van der Waals surface area contributed by atoms with Crippen LogP contribution in [0.5, 0.6) is 0 Å². The molecule has 3 nitrogen and oxygen atoms in total. The molecule has 102 valence electrons. The Balaban J connectivity index is 2.50. The van der Waals surface area contributed by atoms with Crippen LogP contribution < -0.4 is 5.73 Å². The predicted molar refractivity (Wildman–Crippen MR) is 74.9 cm³/mol. The smallest absolute Gasteiger partial charge is 0.147 e. The van der Waals surface area contributed by atoms with Gasteiger partial charge in [0, 0.05) is 24.9 Å². The van der Waals surface area contributed by atoms with Crippen molar-refractivity contribution in [2.24, 2.45) is 5.73 Å². The summed E-state index contributed by atoms with van der Waals surface area (Å²) in [6, 6.07) is 5.14. The molecule has 2 rings (SSSR count). The molecule has 1 aromatic heterocycles. The largest absolute Gasteiger partial charge is 0.328 e. The highest BCUT2D eigenvalue weighted by Gasteiger charge is 2.14. The van der Waals surface area contributed by atoms with E-state index in [9.17, 15) is 4.39 Å². The van der Waals surface area contributed by atoms with E-state index < -0.39 is 0 Å². The lowest BCUT2D eigenvalue weighted by Crippen LogP contribution is -2.19. The molecule has 0 fully saturated rings. The van der Waals surface area contributed by atoms with Crippen molar-refractivity contribution in [3.8, 4) is 5.69 Å². The van der Waals surface area contributed by atoms with Crippen LogP contribution >= 0.6 is 0 Å². The van der Waals surface area contributed by atoms with Gasteiger partial charge in [0.25, 0.3) is 0 Å². The van der Waals surface area contributed by atoms with Crippen molar-refractivity contribution in [1.82, 2.24) is 9.55 Å². The summed E-state index contributed by atoms with van der Waals surface area (Å²) < 4.78 is 16.0. The number of halogens is 1. The molecule has 1 unspecified atom stereocenters. The first-order chi connectivity index (χ1) is 9.13. The fourth-order valence-corrected chi connectivity index (χ4v) is 2.29. The SMILES string of the molecule is CCCc1nccn1-c1c(F)cccc1CC(C)N. The first kappa shape index (κ1) is 13.7. The number of hydrogen-bond acceptors (Lipinski definition) is 2. The second-order valence-corrected chi connectivity index (χ2v) is 4.89. The van der Waals surface area contributed by atoms with E-state index in [0.29, 0.717) is 12.1 Å². The molecule has 2 aromatic rings. The zero-order valence-electron chi connectivity index (χ0n) is 11.4. The van der Waals surface area contributed by atoms with Crippen molar-refractivity contribution in [3.63, 3.8) is 0 Å². The van der Waals surface area contributed by atoms with E-state index in [4.69, 9.17) is 5.73 Å². The monoisotopic (exact) mass is 261 g/mol. The predicted octanol–water partition coefficient (Wildman–Crippen LogP) is 2.85. The summed E-state index contributed by atoms with van der Waals surface area (Å²) in [7, 11) is 0. The first-order valence-corrected chi connectivity index (χ1v) is 6.69. The van der Waals surface area contributed by atoms with Crippen LogP contribution in [-0.2, 0) is 12.8 Å². The number of para-hydroxylation sites is 1. The maximum absolute atomic E-state index is 14.2. The zero-order valence-corrected chi connectivity index (χ0v) is 11.4. The summed E-state index contributed by atoms with van der Waals surface area (Å²) in [4.78, 5) is 4.31. The number of aromatic nitrogens is 2. The van der Waals surface area contributed by atoms with E-state index in [0.717, 1.165) is 24.2 Å². The lowest BCUT2D eigenvalue weighted by molar-refractivity contribution is 0.607. The maximum Gasteiger partial charge on any atom is 0.147 e. The van der Waals surface area contributed by atoms with Gasteiger partial charge in [-0.1, -0.05) is 19.1 Å². The van der Waals surface area contributed by atoms with E-state index >= 15 is 0 Å². The lowest BCUT2D eigenvalue weighted by atomic mass is 10.0. The Hall–Kier alpha value is -1.68. The van der Waals surface area contributed by atoms with Crippen molar-refractivity contribution in [1.29, 1.82) is 0 Å². The summed E-state index contributed by atoms with van der Waals surface area (Å²) in [6.07, 6.45) is 5.99. The van der Waals surface area contributed by atoms with Gasteiger partial charge >= 0.3 is 0 Å². The van der Waals surface area contributed by atoms with Gasteiger partial charge in [0.05, 0.1) is 5.69 Å². The van der Waals surface area contributed by atoms with E-state index in [-0.39, 0.29) is 11.9 Å². The van der Waals surface area contributed by atoms with Gasteiger partial charge in [0.1, 0.15) is 11.6 Å². The van der Waals surface area contributed by atoms with Crippen LogP contribution in [0.4, 0.5) is 4.39 Å². The molecular formula is C15H20FN3. The number of imidazole rings is 1. The lowest BCUT2D eigenvalue weighted by Gasteiger charge is -2.15. The minimum Gasteiger partial charge on any atom is -0.328 e. The van der Waals surface area contributed by atoms with Crippen LogP contribution in [0.25, 0.3) is 5.69 Å². The van der Waals surface area contributed by atoms with Gasteiger partial charge in [0.2, 0.25) is 0 Å². The Kier molecular flexibility index (Phi) is 4.32. The minimum absolute atomic E-state index is 0.00121. The minimum atomic E-state index is -0.228. The van der Waals surface area contributed by atoms with Crippen molar-refractivity contribution in [3.05, 3.63) is 47.8 Å². The first-order valence-electron chi connectivity index (χ1n) is 6.69. The normalized spacial score (nSPS) is 12.6. The number of nitrogens with two attached hydrogens (primary N) is 1. The molecule has 0 bridgehead atoms. The van der Waals surface area contributed by atoms with Gasteiger partial charge in [0.15, 0.2) is 0 Å². The van der Waals surface area contributed by atoms with Gasteiger partial charge in [-0.2, -0.15) is 0 Å². The number of nitrogens with zero attached hydrogens (tertiary/aromatic N) is 2. The summed E-state index contributed by atoms with van der Waals surface area (Å²) in [5, 5.41) is 0. The van der Waals surface area contributed by atoms with E-state index in [1.807, 2.05) is 23.8 Å². The van der Waals surface area contributed by atoms with Crippen molar-refractivity contribution in [2.45, 2.75) is 39.2 Å². The average molecular weight is 261 g/mol. The molecule has 4 heteroatoms. The molecular weight excluding hydrogens is 241 g/mol. The quantitative estimate of drug-likeness (QED) is 0.899. The number of benzene rings is 1. The van der Waals surface area contributed by atoms with E-state index in [2.05, 4.69) is 11.9 Å². The standard InChI is InChI=1S/C15H20FN3/c1-3-5-14-18-8-9-19(14)15-12(10-11(2)17)6-4-7-13(15)16/h4,6-9,11H,3,5,10,17H2,1-2H3. The fraction of sp³-hybridized carbons (Fsp3) is 0.400. The van der Waals surface area contributed by atoms with Crippen LogP contribution in [0, 0.1) is 5.82 Å². The fourth-order valence-electron chi connectivity index (χ4n) is 2.29. The van der Waals surface area contributed by atoms with Crippen molar-refractivity contribution in [2.75, 3.05) is 0 Å². The molecule has 0 aliphatic heterocycles. The molecule has 1 aromatic carbocycles. The molecule has 0 amide bonds. The summed E-state index contributed by atoms with van der Waals surface area (Å²) >= 11 is 0. The van der Waals surface area contributed by atoms with E-state index in [1.165, 1.54) is 6.07 Å². The Morgan fingerprint density at radius 2 is 2.21 bits per heavy atom. The molecule has 0 spiro atoms. The molecule has 0 saturated heterocycles. The second-order valence-electron chi connectivity index (χ2n) is 4.89. The van der Waals surface area contributed by atoms with Crippen LogP contribution in [0.15, 0.2) is 30.6 Å². The number of rotatable bonds is 5. The topological polar surface area (TPSA) is 43.8 Å². The van der Waals surface area contributed by atoms with Crippen LogP contribution in [0.3, 0.4) is 0 Å². The molecule has 0 radical (unpaired) electrons. The molecule has 1 heterocycles. The molecule has 19 heavy (non-hydrogen) atoms. The molecule has 2 N–H and O–H groups in total. The molecule has 0 aliphatic carbocycles. The van der Waals surface area contributed by atoms with Crippen LogP contribution in [0.2, 0.25) is 0 Å². The third-order valence-corrected chi connectivity index (χ3v) is 3.04. The van der Waals surface area contributed by atoms with Crippen molar-refractivity contribution >= 4 is 0 Å². The Morgan fingerprint density at radius 3 is 2.89 bits per heavy atom. The third kappa shape index (κ3) is 3.01. The van der Waals surface area contributed by atoms with Crippen LogP contribution in [-0.4, -0.2) is 15.6 Å². The Bertz CT molecular complexity index is 546. The van der Waals surface area contributed by atoms with Gasteiger partial charge < -0.3 is 10.3 Å². The van der Waals surface area contributed by atoms with Gasteiger partial charge in [-0.15, -0.1) is 0 Å². The van der Waals surface area contributed by atoms with Gasteiger partial charge in [-0.3, -0.25) is 0 Å². The van der Waals surface area contributed by atoms with Crippen LogP contribution in [0.1, 0.15) is 31.7 Å². The van der Waals surface area contributed by atoms with Crippen molar-refractivity contribution < 1.29 is 4.39 Å². The maximum atomic E-state index is 14.2. The summed E-state index contributed by atoms with van der Waals surface area (Å²) in [5.74, 6) is 0.659. The highest BCUT2D eigenvalue weighted by atomic mass is 19.1. The Labute approximate surface area is 113 Å². The number of aryl methyl sites for hydroxylation is 1. The second kappa shape index (κ2) is 5.97. The number of hydrogen-bond donors (Lipinski definition) is 1. The van der Waals surface area contributed by atoms with Gasteiger partial charge in [-0.05, 0) is 31.4 Å². The average Bonchev–Trinajstić information content (AvgIpc) is 2.77. The highest BCUT2D eigenvalue weighted by Crippen LogP contribution is 2.22. The van der Waals surface area contributed by atoms with Gasteiger partial charge in [-0.25, -0.2) is 9.37 Å². The zero-order chi connectivity index (χ0) is 13.8. The molecule has 1 atom stereocenters. The Morgan fingerprint density at radius 1 is 1.42 bits per heavy atom. The summed E-state index contributed by atoms with van der Waals surface area (Å²) in [5.41, 5.74) is 7.35. The summed E-state index contributed by atoms with van der Waals surface area (Å²) in [6.45, 7) is 4.01. The van der Waals surface area contributed by atoms with E-state index in [1.54, 1.807) is 12.3 Å². The third-order valence-electron chi connectivity index (χ3n) is 3.04. The molecule has 0 aliphatic rings. The molecule has 0 saturated carbocycles.